The van der Waals surface area contributed by atoms with Gasteiger partial charge in [-0.15, -0.1) is 0 Å². The molecule has 0 bridgehead atoms. The van der Waals surface area contributed by atoms with Crippen molar-refractivity contribution < 1.29 is 23.9 Å². The third-order valence-corrected chi connectivity index (χ3v) is 3.37. The van der Waals surface area contributed by atoms with Crippen LogP contribution in [0, 0.1) is 0 Å². The van der Waals surface area contributed by atoms with Gasteiger partial charge in [-0.3, -0.25) is 4.79 Å². The summed E-state index contributed by atoms with van der Waals surface area (Å²) in [4.78, 5) is 38.6. The average Bonchev–Trinajstić information content (AvgIpc) is 2.64. The molecule has 0 unspecified atom stereocenters. The van der Waals surface area contributed by atoms with E-state index in [1.807, 2.05) is 0 Å². The smallest absolute Gasteiger partial charge is 0.357 e. The van der Waals surface area contributed by atoms with Gasteiger partial charge < -0.3 is 14.8 Å². The lowest BCUT2D eigenvalue weighted by Crippen LogP contribution is -2.28. The van der Waals surface area contributed by atoms with Crippen LogP contribution in [0.15, 0.2) is 42.6 Å². The monoisotopic (exact) mass is 362 g/mol. The number of aromatic nitrogens is 1. The summed E-state index contributed by atoms with van der Waals surface area (Å²) in [7, 11) is 1.30. The van der Waals surface area contributed by atoms with E-state index < -0.39 is 24.5 Å². The van der Waals surface area contributed by atoms with Crippen LogP contribution in [0.25, 0.3) is 0 Å². The second-order valence-electron chi connectivity index (χ2n) is 4.90. The van der Waals surface area contributed by atoms with E-state index in [4.69, 9.17) is 16.3 Å². The summed E-state index contributed by atoms with van der Waals surface area (Å²) in [5, 5.41) is 2.95. The molecule has 0 aliphatic rings. The van der Waals surface area contributed by atoms with Crippen LogP contribution in [0.1, 0.15) is 26.4 Å². The molecule has 0 saturated carbocycles. The molecular formula is C17H15ClN2O5. The minimum Gasteiger partial charge on any atom is -0.465 e. The summed E-state index contributed by atoms with van der Waals surface area (Å²) in [6, 6.07) is 9.44. The lowest BCUT2D eigenvalue weighted by Gasteiger charge is -2.07. The first-order valence-corrected chi connectivity index (χ1v) is 7.60. The first kappa shape index (κ1) is 18.4. The van der Waals surface area contributed by atoms with Crippen molar-refractivity contribution in [1.82, 2.24) is 10.3 Å². The van der Waals surface area contributed by atoms with Gasteiger partial charge in [0, 0.05) is 17.8 Å². The van der Waals surface area contributed by atoms with Crippen molar-refractivity contribution in [3.8, 4) is 0 Å². The van der Waals surface area contributed by atoms with Crippen molar-refractivity contribution in [1.29, 1.82) is 0 Å². The fourth-order valence-corrected chi connectivity index (χ4v) is 2.01. The van der Waals surface area contributed by atoms with Gasteiger partial charge in [-0.2, -0.15) is 0 Å². The number of rotatable bonds is 6. The molecule has 1 heterocycles. The summed E-state index contributed by atoms with van der Waals surface area (Å²) in [5.41, 5.74) is 1.23. The number of hydrogen-bond acceptors (Lipinski definition) is 6. The highest BCUT2D eigenvalue weighted by molar-refractivity contribution is 6.30. The summed E-state index contributed by atoms with van der Waals surface area (Å²) >= 11 is 5.75. The zero-order chi connectivity index (χ0) is 18.2. The van der Waals surface area contributed by atoms with Crippen LogP contribution in [0.2, 0.25) is 5.02 Å². The van der Waals surface area contributed by atoms with Gasteiger partial charge in [0.1, 0.15) is 5.69 Å². The number of hydrogen-bond donors (Lipinski definition) is 1. The van der Waals surface area contributed by atoms with Gasteiger partial charge in [0.05, 0.1) is 12.7 Å². The molecule has 0 saturated heterocycles. The maximum absolute atomic E-state index is 11.7. The summed E-state index contributed by atoms with van der Waals surface area (Å²) in [6.07, 6.45) is 1.37. The van der Waals surface area contributed by atoms with Gasteiger partial charge in [0.15, 0.2) is 6.61 Å². The summed E-state index contributed by atoms with van der Waals surface area (Å²) in [6.45, 7) is -0.208. The van der Waals surface area contributed by atoms with Crippen molar-refractivity contribution >= 4 is 29.4 Å². The topological polar surface area (TPSA) is 94.6 Å². The van der Waals surface area contributed by atoms with Crippen LogP contribution in [0.4, 0.5) is 0 Å². The van der Waals surface area contributed by atoms with Gasteiger partial charge in [-0.25, -0.2) is 14.6 Å². The molecule has 0 radical (unpaired) electrons. The third-order valence-electron chi connectivity index (χ3n) is 3.13. The van der Waals surface area contributed by atoms with E-state index in [0.29, 0.717) is 10.6 Å². The Morgan fingerprint density at radius 1 is 1.12 bits per heavy atom. The molecule has 2 aromatic rings. The van der Waals surface area contributed by atoms with E-state index in [1.54, 1.807) is 24.3 Å². The van der Waals surface area contributed by atoms with Gasteiger partial charge >= 0.3 is 11.9 Å². The lowest BCUT2D eigenvalue weighted by atomic mass is 10.1. The van der Waals surface area contributed by atoms with Crippen LogP contribution in [-0.2, 0) is 20.8 Å². The largest absolute Gasteiger partial charge is 0.465 e. The van der Waals surface area contributed by atoms with Crippen molar-refractivity contribution in [3.63, 3.8) is 0 Å². The highest BCUT2D eigenvalue weighted by Gasteiger charge is 2.12. The Labute approximate surface area is 148 Å². The van der Waals surface area contributed by atoms with Gasteiger partial charge in [-0.1, -0.05) is 23.7 Å². The second-order valence-corrected chi connectivity index (χ2v) is 5.34. The number of esters is 2. The van der Waals surface area contributed by atoms with E-state index in [1.165, 1.54) is 25.4 Å². The molecule has 25 heavy (non-hydrogen) atoms. The summed E-state index contributed by atoms with van der Waals surface area (Å²) < 4.78 is 9.47. The molecule has 0 spiro atoms. The van der Waals surface area contributed by atoms with Crippen LogP contribution < -0.4 is 5.32 Å². The first-order valence-electron chi connectivity index (χ1n) is 7.22. The fraction of sp³-hybridized carbons (Fsp3) is 0.176. The van der Waals surface area contributed by atoms with Crippen molar-refractivity contribution in [2.24, 2.45) is 0 Å². The zero-order valence-corrected chi connectivity index (χ0v) is 14.1. The molecule has 0 aliphatic heterocycles. The Kier molecular flexibility index (Phi) is 6.47. The van der Waals surface area contributed by atoms with E-state index in [2.05, 4.69) is 15.0 Å². The van der Waals surface area contributed by atoms with Gasteiger partial charge in [0.2, 0.25) is 0 Å². The Hall–Kier alpha value is -2.93. The molecule has 0 fully saturated rings. The SMILES string of the molecule is COC(=O)c1ccc(CNC(=O)COC(=O)c2cc(Cl)ccn2)cc1. The maximum Gasteiger partial charge on any atom is 0.357 e. The minimum absolute atomic E-state index is 0.0266. The number of halogens is 1. The molecule has 0 aliphatic carbocycles. The molecule has 1 amide bonds. The maximum atomic E-state index is 11.7. The highest BCUT2D eigenvalue weighted by Crippen LogP contribution is 2.09. The standard InChI is InChI=1S/C17H15ClN2O5/c1-24-16(22)12-4-2-11(3-5-12)9-20-15(21)10-25-17(23)14-8-13(18)6-7-19-14/h2-8H,9-10H2,1H3,(H,20,21). The van der Waals surface area contributed by atoms with E-state index >= 15 is 0 Å². The van der Waals surface area contributed by atoms with E-state index in [0.717, 1.165) is 5.56 Å². The fourth-order valence-electron chi connectivity index (χ4n) is 1.85. The predicted octanol–water partition coefficient (Wildman–Crippen LogP) is 1.99. The van der Waals surface area contributed by atoms with E-state index in [9.17, 15) is 14.4 Å². The molecule has 7 nitrogen and oxygen atoms in total. The van der Waals surface area contributed by atoms with Gasteiger partial charge in [-0.05, 0) is 29.8 Å². The number of nitrogens with zero attached hydrogens (tertiary/aromatic N) is 1. The number of pyridine rings is 1. The molecule has 1 aromatic carbocycles. The Bertz CT molecular complexity index is 777. The zero-order valence-electron chi connectivity index (χ0n) is 13.3. The van der Waals surface area contributed by atoms with Crippen LogP contribution >= 0.6 is 11.6 Å². The predicted molar refractivity (Wildman–Crippen MR) is 89.2 cm³/mol. The van der Waals surface area contributed by atoms with Crippen LogP contribution in [-0.4, -0.2) is 36.5 Å². The Morgan fingerprint density at radius 3 is 2.48 bits per heavy atom. The van der Waals surface area contributed by atoms with Crippen LogP contribution in [0.5, 0.6) is 0 Å². The lowest BCUT2D eigenvalue weighted by molar-refractivity contribution is -0.124. The summed E-state index contributed by atoms with van der Waals surface area (Å²) in [5.74, 6) is -1.63. The molecule has 1 N–H and O–H groups in total. The van der Waals surface area contributed by atoms with Crippen molar-refractivity contribution in [2.75, 3.05) is 13.7 Å². The number of carbonyl (C=O) groups excluding carboxylic acids is 3. The number of ether oxygens (including phenoxy) is 2. The molecule has 2 rings (SSSR count). The molecule has 130 valence electrons. The normalized spacial score (nSPS) is 10.0. The molecule has 8 heteroatoms. The number of benzene rings is 1. The number of amides is 1. The number of methoxy groups -OCH3 is 1. The van der Waals surface area contributed by atoms with E-state index in [-0.39, 0.29) is 12.2 Å². The Morgan fingerprint density at radius 2 is 1.84 bits per heavy atom. The molecule has 0 atom stereocenters. The first-order chi connectivity index (χ1) is 12.0. The Balaban J connectivity index is 1.79. The highest BCUT2D eigenvalue weighted by atomic mass is 35.5. The number of nitrogens with one attached hydrogen (secondary N) is 1. The van der Waals surface area contributed by atoms with Crippen LogP contribution in [0.3, 0.4) is 0 Å². The van der Waals surface area contributed by atoms with Gasteiger partial charge in [0.25, 0.3) is 5.91 Å². The molecule has 1 aromatic heterocycles. The molecular weight excluding hydrogens is 348 g/mol. The second kappa shape index (κ2) is 8.79. The third kappa shape index (κ3) is 5.58. The quantitative estimate of drug-likeness (QED) is 0.790. The minimum atomic E-state index is -0.736. The number of carbonyl (C=O) groups is 3. The van der Waals surface area contributed by atoms with Crippen molar-refractivity contribution in [3.05, 3.63) is 64.4 Å². The van der Waals surface area contributed by atoms with Crippen molar-refractivity contribution in [2.45, 2.75) is 6.54 Å². The average molecular weight is 363 g/mol.